The quantitative estimate of drug-likeness (QED) is 0.590. The summed E-state index contributed by atoms with van der Waals surface area (Å²) in [7, 11) is 1.40. The summed E-state index contributed by atoms with van der Waals surface area (Å²) >= 11 is 0. The van der Waals surface area contributed by atoms with Gasteiger partial charge in [0.25, 0.3) is 11.8 Å². The number of aromatic nitrogens is 3. The lowest BCUT2D eigenvalue weighted by molar-refractivity contribution is 0.0490. The number of carbonyl (C=O) groups is 2. The molecular formula is C23H22F3N5O2. The lowest BCUT2D eigenvalue weighted by atomic mass is 10.0. The Balaban J connectivity index is 1.54. The molecule has 7 nitrogen and oxygen atoms in total. The molecule has 1 fully saturated rings. The summed E-state index contributed by atoms with van der Waals surface area (Å²) in [5.41, 5.74) is -0.0377. The Morgan fingerprint density at radius 2 is 1.76 bits per heavy atom. The summed E-state index contributed by atoms with van der Waals surface area (Å²) in [6.45, 7) is 0.637. The Morgan fingerprint density at radius 3 is 2.33 bits per heavy atom. The molecule has 0 atom stereocenters. The molecule has 1 aliphatic heterocycles. The number of benzene rings is 1. The molecule has 0 bridgehead atoms. The van der Waals surface area contributed by atoms with Gasteiger partial charge in [0, 0.05) is 38.4 Å². The first kappa shape index (κ1) is 22.5. The third-order valence-corrected chi connectivity index (χ3v) is 5.73. The van der Waals surface area contributed by atoms with Crippen molar-refractivity contribution in [2.45, 2.75) is 25.4 Å². The molecule has 0 spiro atoms. The van der Waals surface area contributed by atoms with Crippen molar-refractivity contribution in [2.24, 2.45) is 7.05 Å². The third kappa shape index (κ3) is 4.74. The van der Waals surface area contributed by atoms with Crippen LogP contribution in [0, 0.1) is 17.6 Å². The van der Waals surface area contributed by atoms with Crippen LogP contribution in [0.3, 0.4) is 0 Å². The second-order valence-electron chi connectivity index (χ2n) is 7.85. The SMILES string of the molecule is Cn1nc(C(=O)N2CCC(N(Cc3ccccn3)C(=O)c3c(F)cccc3F)CC2)cc1F. The maximum atomic E-state index is 14.4. The van der Waals surface area contributed by atoms with Gasteiger partial charge in [-0.05, 0) is 37.1 Å². The van der Waals surface area contributed by atoms with E-state index in [9.17, 15) is 22.8 Å². The fraction of sp³-hybridized carbons (Fsp3) is 0.304. The van der Waals surface area contributed by atoms with E-state index < -0.39 is 35.0 Å². The summed E-state index contributed by atoms with van der Waals surface area (Å²) in [4.78, 5) is 33.1. The molecule has 0 radical (unpaired) electrons. The van der Waals surface area contributed by atoms with Crippen LogP contribution in [0.1, 0.15) is 39.4 Å². The zero-order valence-electron chi connectivity index (χ0n) is 17.9. The average molecular weight is 457 g/mol. The van der Waals surface area contributed by atoms with Crippen LogP contribution in [0.5, 0.6) is 0 Å². The molecule has 33 heavy (non-hydrogen) atoms. The van der Waals surface area contributed by atoms with E-state index in [-0.39, 0.29) is 31.4 Å². The lowest BCUT2D eigenvalue weighted by Crippen LogP contribution is -2.49. The van der Waals surface area contributed by atoms with Crippen molar-refractivity contribution in [1.29, 1.82) is 0 Å². The maximum Gasteiger partial charge on any atom is 0.274 e. The minimum absolute atomic E-state index is 0.00305. The van der Waals surface area contributed by atoms with Crippen LogP contribution in [0.15, 0.2) is 48.7 Å². The lowest BCUT2D eigenvalue weighted by Gasteiger charge is -2.38. The van der Waals surface area contributed by atoms with Gasteiger partial charge in [-0.15, -0.1) is 0 Å². The van der Waals surface area contributed by atoms with Crippen LogP contribution in [-0.2, 0) is 13.6 Å². The van der Waals surface area contributed by atoms with Gasteiger partial charge in [-0.3, -0.25) is 14.6 Å². The number of hydrogen-bond acceptors (Lipinski definition) is 4. The van der Waals surface area contributed by atoms with Gasteiger partial charge in [0.15, 0.2) is 5.69 Å². The van der Waals surface area contributed by atoms with Crippen LogP contribution >= 0.6 is 0 Å². The molecule has 2 amide bonds. The molecule has 172 valence electrons. The standard InChI is InChI=1S/C23H22F3N5O2/c1-29-20(26)13-19(28-29)22(32)30-11-8-16(9-12-30)31(14-15-5-2-3-10-27-15)23(33)21-17(24)6-4-7-18(21)25/h2-7,10,13,16H,8-9,11-12,14H2,1H3. The Morgan fingerprint density at radius 1 is 1.06 bits per heavy atom. The second kappa shape index (κ2) is 9.43. The minimum atomic E-state index is -0.934. The number of rotatable bonds is 5. The Bertz CT molecular complexity index is 1120. The molecule has 0 unspecified atom stereocenters. The molecule has 1 aliphatic rings. The van der Waals surface area contributed by atoms with Gasteiger partial charge in [0.2, 0.25) is 5.95 Å². The van der Waals surface area contributed by atoms with Gasteiger partial charge in [-0.1, -0.05) is 12.1 Å². The van der Waals surface area contributed by atoms with Gasteiger partial charge in [0.05, 0.1) is 12.2 Å². The molecule has 3 aromatic rings. The van der Waals surface area contributed by atoms with Crippen molar-refractivity contribution in [1.82, 2.24) is 24.6 Å². The summed E-state index contributed by atoms with van der Waals surface area (Å²) < 4.78 is 43.3. The van der Waals surface area contributed by atoms with E-state index in [4.69, 9.17) is 0 Å². The number of pyridine rings is 1. The van der Waals surface area contributed by atoms with Gasteiger partial charge in [-0.2, -0.15) is 9.49 Å². The van der Waals surface area contributed by atoms with Crippen LogP contribution in [-0.4, -0.2) is 55.5 Å². The average Bonchev–Trinajstić information content (AvgIpc) is 3.16. The highest BCUT2D eigenvalue weighted by molar-refractivity contribution is 5.95. The number of halogens is 3. The minimum Gasteiger partial charge on any atom is -0.337 e. The first-order chi connectivity index (χ1) is 15.8. The number of nitrogens with zero attached hydrogens (tertiary/aromatic N) is 5. The topological polar surface area (TPSA) is 71.3 Å². The molecule has 1 aromatic carbocycles. The van der Waals surface area contributed by atoms with E-state index >= 15 is 0 Å². The molecule has 10 heteroatoms. The Labute approximate surface area is 188 Å². The van der Waals surface area contributed by atoms with Crippen LogP contribution in [0.4, 0.5) is 13.2 Å². The fourth-order valence-corrected chi connectivity index (χ4v) is 3.97. The molecule has 0 aliphatic carbocycles. The number of amides is 2. The van der Waals surface area contributed by atoms with E-state index in [1.807, 2.05) is 0 Å². The van der Waals surface area contributed by atoms with Crippen LogP contribution in [0.25, 0.3) is 0 Å². The highest BCUT2D eigenvalue weighted by Crippen LogP contribution is 2.24. The Kier molecular flexibility index (Phi) is 6.43. The van der Waals surface area contributed by atoms with Gasteiger partial charge < -0.3 is 9.80 Å². The predicted molar refractivity (Wildman–Crippen MR) is 113 cm³/mol. The van der Waals surface area contributed by atoms with Gasteiger partial charge in [-0.25, -0.2) is 13.5 Å². The highest BCUT2D eigenvalue weighted by atomic mass is 19.1. The van der Waals surface area contributed by atoms with Crippen molar-refractivity contribution in [3.8, 4) is 0 Å². The predicted octanol–water partition coefficient (Wildman–Crippen LogP) is 3.18. The number of likely N-dealkylation sites (tertiary alicyclic amines) is 1. The smallest absolute Gasteiger partial charge is 0.274 e. The summed E-state index contributed by atoms with van der Waals surface area (Å²) in [6, 6.07) is 9.22. The van der Waals surface area contributed by atoms with E-state index in [1.54, 1.807) is 24.4 Å². The first-order valence-corrected chi connectivity index (χ1v) is 10.5. The maximum absolute atomic E-state index is 14.4. The van der Waals surface area contributed by atoms with Gasteiger partial charge >= 0.3 is 0 Å². The summed E-state index contributed by atoms with van der Waals surface area (Å²) in [5, 5.41) is 3.88. The van der Waals surface area contributed by atoms with Gasteiger partial charge in [0.1, 0.15) is 17.2 Å². The van der Waals surface area contributed by atoms with Crippen LogP contribution < -0.4 is 0 Å². The second-order valence-corrected chi connectivity index (χ2v) is 7.85. The molecule has 0 saturated carbocycles. The number of piperidine rings is 1. The van der Waals surface area contributed by atoms with Crippen molar-refractivity contribution < 1.29 is 22.8 Å². The summed E-state index contributed by atoms with van der Waals surface area (Å²) in [5.74, 6) is -3.66. The highest BCUT2D eigenvalue weighted by Gasteiger charge is 2.33. The number of hydrogen-bond donors (Lipinski definition) is 0. The van der Waals surface area contributed by atoms with Crippen molar-refractivity contribution in [3.05, 3.63) is 83.2 Å². The molecule has 3 heterocycles. The molecular weight excluding hydrogens is 435 g/mol. The van der Waals surface area contributed by atoms with E-state index in [2.05, 4.69) is 10.1 Å². The largest absolute Gasteiger partial charge is 0.337 e. The van der Waals surface area contributed by atoms with Crippen molar-refractivity contribution >= 4 is 11.8 Å². The molecule has 2 aromatic heterocycles. The summed E-state index contributed by atoms with van der Waals surface area (Å²) in [6.07, 6.45) is 2.35. The monoisotopic (exact) mass is 457 g/mol. The third-order valence-electron chi connectivity index (χ3n) is 5.73. The zero-order valence-corrected chi connectivity index (χ0v) is 17.9. The molecule has 1 saturated heterocycles. The number of aryl methyl sites for hydroxylation is 1. The Hall–Kier alpha value is -3.69. The fourth-order valence-electron chi connectivity index (χ4n) is 3.97. The van der Waals surface area contributed by atoms with Crippen LogP contribution in [0.2, 0.25) is 0 Å². The van der Waals surface area contributed by atoms with E-state index in [0.717, 1.165) is 22.9 Å². The van der Waals surface area contributed by atoms with E-state index in [1.165, 1.54) is 22.9 Å². The first-order valence-electron chi connectivity index (χ1n) is 10.5. The zero-order chi connectivity index (χ0) is 23.5. The van der Waals surface area contributed by atoms with E-state index in [0.29, 0.717) is 18.5 Å². The van der Waals surface area contributed by atoms with Crippen molar-refractivity contribution in [3.63, 3.8) is 0 Å². The normalized spacial score (nSPS) is 14.4. The molecule has 4 rings (SSSR count). The van der Waals surface area contributed by atoms with Crippen molar-refractivity contribution in [2.75, 3.05) is 13.1 Å². The number of carbonyl (C=O) groups excluding carboxylic acids is 2. The molecule has 0 N–H and O–H groups in total.